The van der Waals surface area contributed by atoms with E-state index in [2.05, 4.69) is 66.4 Å². The predicted molar refractivity (Wildman–Crippen MR) is 85.0 cm³/mol. The lowest BCUT2D eigenvalue weighted by molar-refractivity contribution is 0.317. The molecule has 4 heteroatoms. The smallest absolute Gasteiger partial charge is 0.0764 e. The van der Waals surface area contributed by atoms with E-state index in [1.165, 1.54) is 5.56 Å². The van der Waals surface area contributed by atoms with Crippen LogP contribution in [0.25, 0.3) is 0 Å². The average Bonchev–Trinajstić information content (AvgIpc) is 3.07. The van der Waals surface area contributed by atoms with E-state index in [-0.39, 0.29) is 6.04 Å². The van der Waals surface area contributed by atoms with Gasteiger partial charge in [-0.05, 0) is 25.5 Å². The van der Waals surface area contributed by atoms with Crippen LogP contribution in [0.5, 0.6) is 0 Å². The Morgan fingerprint density at radius 1 is 1.19 bits per heavy atom. The lowest BCUT2D eigenvalue weighted by Crippen LogP contribution is -2.28. The molecule has 0 aliphatic carbocycles. The second-order valence-electron chi connectivity index (χ2n) is 6.26. The zero-order valence-electron chi connectivity index (χ0n) is 12.8. The summed E-state index contributed by atoms with van der Waals surface area (Å²) in [5.74, 6) is 0.429. The number of hydrogen-bond acceptors (Lipinski definition) is 3. The summed E-state index contributed by atoms with van der Waals surface area (Å²) < 4.78 is 2.01. The fourth-order valence-electron chi connectivity index (χ4n) is 3.07. The molecule has 2 N–H and O–H groups in total. The van der Waals surface area contributed by atoms with Crippen LogP contribution >= 0.6 is 0 Å². The lowest BCUT2D eigenvalue weighted by atomic mass is 9.95. The molecule has 1 aliphatic heterocycles. The standard InChI is InChI=1S/C17H24N4/c1-13(2)21-9-8-15(19-21)10-20-11-16(17(18)12-20)14-6-4-3-5-7-14/h3-9,13,16-17H,10-12,18H2,1-2H3/t16-,17+/m0/s1. The maximum absolute atomic E-state index is 6.34. The van der Waals surface area contributed by atoms with Crippen LogP contribution in [-0.4, -0.2) is 33.8 Å². The molecule has 0 unspecified atom stereocenters. The number of benzene rings is 1. The van der Waals surface area contributed by atoms with E-state index in [1.807, 2.05) is 4.68 Å². The van der Waals surface area contributed by atoms with Gasteiger partial charge in [0.2, 0.25) is 0 Å². The number of aromatic nitrogens is 2. The average molecular weight is 284 g/mol. The quantitative estimate of drug-likeness (QED) is 0.938. The van der Waals surface area contributed by atoms with Crippen molar-refractivity contribution in [2.75, 3.05) is 13.1 Å². The first-order valence-electron chi connectivity index (χ1n) is 7.70. The molecule has 0 radical (unpaired) electrons. The second kappa shape index (κ2) is 6.00. The molecule has 3 rings (SSSR count). The van der Waals surface area contributed by atoms with Crippen molar-refractivity contribution in [2.24, 2.45) is 5.73 Å². The summed E-state index contributed by atoms with van der Waals surface area (Å²) in [5.41, 5.74) is 8.82. The Morgan fingerprint density at radius 2 is 1.95 bits per heavy atom. The summed E-state index contributed by atoms with van der Waals surface area (Å²) in [5, 5.41) is 4.63. The first-order chi connectivity index (χ1) is 10.1. The molecule has 1 aromatic heterocycles. The first kappa shape index (κ1) is 14.3. The van der Waals surface area contributed by atoms with Crippen molar-refractivity contribution < 1.29 is 0 Å². The number of nitrogens with zero attached hydrogens (tertiary/aromatic N) is 3. The second-order valence-corrected chi connectivity index (χ2v) is 6.26. The van der Waals surface area contributed by atoms with Crippen molar-refractivity contribution in [3.05, 3.63) is 53.9 Å². The van der Waals surface area contributed by atoms with E-state index in [9.17, 15) is 0 Å². The van der Waals surface area contributed by atoms with E-state index < -0.39 is 0 Å². The van der Waals surface area contributed by atoms with E-state index in [4.69, 9.17) is 5.73 Å². The van der Waals surface area contributed by atoms with Crippen LogP contribution < -0.4 is 5.73 Å². The lowest BCUT2D eigenvalue weighted by Gasteiger charge is -2.15. The van der Waals surface area contributed by atoms with Crippen molar-refractivity contribution in [3.63, 3.8) is 0 Å². The van der Waals surface area contributed by atoms with Gasteiger partial charge in [0.25, 0.3) is 0 Å². The van der Waals surface area contributed by atoms with Gasteiger partial charge < -0.3 is 5.73 Å². The maximum atomic E-state index is 6.34. The van der Waals surface area contributed by atoms with Gasteiger partial charge in [-0.3, -0.25) is 9.58 Å². The van der Waals surface area contributed by atoms with Gasteiger partial charge in [0, 0.05) is 43.8 Å². The normalized spacial score (nSPS) is 23.0. The fourth-order valence-corrected chi connectivity index (χ4v) is 3.07. The minimum absolute atomic E-state index is 0.208. The van der Waals surface area contributed by atoms with Gasteiger partial charge in [-0.2, -0.15) is 5.10 Å². The SMILES string of the molecule is CC(C)n1ccc(CN2C[C@@H](N)[C@H](c3ccccc3)C2)n1. The summed E-state index contributed by atoms with van der Waals surface area (Å²) in [7, 11) is 0. The molecule has 1 fully saturated rings. The van der Waals surface area contributed by atoms with Crippen LogP contribution in [0.2, 0.25) is 0 Å². The molecule has 1 aromatic carbocycles. The first-order valence-corrected chi connectivity index (χ1v) is 7.70. The Morgan fingerprint density at radius 3 is 2.62 bits per heavy atom. The highest BCUT2D eigenvalue weighted by Crippen LogP contribution is 2.27. The molecule has 0 bridgehead atoms. The Kier molecular flexibility index (Phi) is 4.08. The van der Waals surface area contributed by atoms with Gasteiger partial charge in [-0.1, -0.05) is 30.3 Å². The summed E-state index contributed by atoms with van der Waals surface area (Å²) in [6, 6.07) is 13.3. The molecule has 2 atom stereocenters. The number of nitrogens with two attached hydrogens (primary N) is 1. The molecule has 0 spiro atoms. The third kappa shape index (κ3) is 3.17. The van der Waals surface area contributed by atoms with Crippen molar-refractivity contribution in [1.82, 2.24) is 14.7 Å². The molecule has 2 aromatic rings. The number of likely N-dealkylation sites (tertiary alicyclic amines) is 1. The highest BCUT2D eigenvalue weighted by atomic mass is 15.3. The Bertz CT molecular complexity index is 575. The monoisotopic (exact) mass is 284 g/mol. The van der Waals surface area contributed by atoms with Crippen molar-refractivity contribution in [3.8, 4) is 0 Å². The van der Waals surface area contributed by atoms with Crippen molar-refractivity contribution in [2.45, 2.75) is 38.4 Å². The summed E-state index contributed by atoms with van der Waals surface area (Å²) >= 11 is 0. The van der Waals surface area contributed by atoms with Crippen LogP contribution in [0.1, 0.15) is 37.1 Å². The van der Waals surface area contributed by atoms with E-state index in [0.717, 1.165) is 25.3 Å². The summed E-state index contributed by atoms with van der Waals surface area (Å²) in [4.78, 5) is 2.41. The fraction of sp³-hybridized carbons (Fsp3) is 0.471. The summed E-state index contributed by atoms with van der Waals surface area (Å²) in [6.07, 6.45) is 2.06. The van der Waals surface area contributed by atoms with Gasteiger partial charge in [0.1, 0.15) is 0 Å². The highest BCUT2D eigenvalue weighted by molar-refractivity contribution is 5.23. The van der Waals surface area contributed by atoms with Gasteiger partial charge in [0.05, 0.1) is 5.69 Å². The van der Waals surface area contributed by atoms with Crippen LogP contribution in [0.3, 0.4) is 0 Å². The zero-order valence-corrected chi connectivity index (χ0v) is 12.8. The third-order valence-electron chi connectivity index (χ3n) is 4.25. The summed E-state index contributed by atoms with van der Waals surface area (Å²) in [6.45, 7) is 7.13. The molecular formula is C17H24N4. The molecule has 112 valence electrons. The van der Waals surface area contributed by atoms with Crippen LogP contribution in [0, 0.1) is 0 Å². The predicted octanol–water partition coefficient (Wildman–Crippen LogP) is 2.39. The van der Waals surface area contributed by atoms with E-state index >= 15 is 0 Å². The molecule has 1 saturated heterocycles. The molecular weight excluding hydrogens is 260 g/mol. The van der Waals surface area contributed by atoms with Crippen LogP contribution in [0.4, 0.5) is 0 Å². The van der Waals surface area contributed by atoms with E-state index in [1.54, 1.807) is 0 Å². The largest absolute Gasteiger partial charge is 0.326 e. The Labute approximate surface area is 126 Å². The molecule has 0 saturated carbocycles. The molecule has 4 nitrogen and oxygen atoms in total. The van der Waals surface area contributed by atoms with Crippen molar-refractivity contribution in [1.29, 1.82) is 0 Å². The molecule has 1 aliphatic rings. The topological polar surface area (TPSA) is 47.1 Å². The molecule has 21 heavy (non-hydrogen) atoms. The Hall–Kier alpha value is -1.65. The minimum atomic E-state index is 0.208. The minimum Gasteiger partial charge on any atom is -0.326 e. The van der Waals surface area contributed by atoms with Crippen LogP contribution in [0.15, 0.2) is 42.6 Å². The highest BCUT2D eigenvalue weighted by Gasteiger charge is 2.31. The van der Waals surface area contributed by atoms with Gasteiger partial charge >= 0.3 is 0 Å². The zero-order chi connectivity index (χ0) is 14.8. The number of rotatable bonds is 4. The van der Waals surface area contributed by atoms with E-state index in [0.29, 0.717) is 12.0 Å². The third-order valence-corrected chi connectivity index (χ3v) is 4.25. The van der Waals surface area contributed by atoms with Crippen molar-refractivity contribution >= 4 is 0 Å². The molecule has 0 amide bonds. The van der Waals surface area contributed by atoms with Crippen LogP contribution in [-0.2, 0) is 6.54 Å². The molecule has 2 heterocycles. The Balaban J connectivity index is 1.65. The van der Waals surface area contributed by atoms with Gasteiger partial charge in [-0.15, -0.1) is 0 Å². The maximum Gasteiger partial charge on any atom is 0.0764 e. The number of hydrogen-bond donors (Lipinski definition) is 1. The van der Waals surface area contributed by atoms with Gasteiger partial charge in [-0.25, -0.2) is 0 Å². The van der Waals surface area contributed by atoms with Gasteiger partial charge in [0.15, 0.2) is 0 Å².